The van der Waals surface area contributed by atoms with Crippen LogP contribution in [0.2, 0.25) is 0 Å². The number of Topliss-reactive ketones (excluding diaryl/α,β-unsaturated/α-hetero) is 2. The van der Waals surface area contributed by atoms with Crippen LogP contribution in [-0.2, 0) is 0 Å². The Hall–Kier alpha value is -4.77. The molecule has 11 heteroatoms. The first-order valence-electron chi connectivity index (χ1n) is 16.9. The number of pyridine rings is 2. The normalized spacial score (nSPS) is 16.3. The Morgan fingerprint density at radius 2 is 1.61 bits per heavy atom. The highest BCUT2D eigenvalue weighted by Gasteiger charge is 2.26. The van der Waals surface area contributed by atoms with E-state index in [-0.39, 0.29) is 11.6 Å². The molecule has 49 heavy (non-hydrogen) atoms. The maximum absolute atomic E-state index is 15.5. The second-order valence-electron chi connectivity index (χ2n) is 13.2. The van der Waals surface area contributed by atoms with Crippen LogP contribution in [0.1, 0.15) is 60.4 Å². The molecule has 2 saturated heterocycles. The summed E-state index contributed by atoms with van der Waals surface area (Å²) in [5.74, 6) is 0.253. The van der Waals surface area contributed by atoms with Gasteiger partial charge < -0.3 is 9.80 Å². The Bertz CT molecular complexity index is 2030. The number of nitrogens with zero attached hydrogens (tertiary/aromatic N) is 6. The van der Waals surface area contributed by atoms with Crippen LogP contribution in [0.5, 0.6) is 0 Å². The van der Waals surface area contributed by atoms with Gasteiger partial charge in [0.15, 0.2) is 23.2 Å². The van der Waals surface area contributed by atoms with Crippen LogP contribution in [-0.4, -0.2) is 76.8 Å². The van der Waals surface area contributed by atoms with Gasteiger partial charge in [0.05, 0.1) is 16.6 Å². The van der Waals surface area contributed by atoms with Gasteiger partial charge in [-0.15, -0.1) is 0 Å². The van der Waals surface area contributed by atoms with Gasteiger partial charge >= 0.3 is 6.55 Å². The first-order chi connectivity index (χ1) is 23.7. The van der Waals surface area contributed by atoms with Crippen LogP contribution >= 0.6 is 0 Å². The molecule has 0 N–H and O–H groups in total. The van der Waals surface area contributed by atoms with E-state index in [0.717, 1.165) is 75.3 Å². The minimum atomic E-state index is -2.73. The Kier molecular flexibility index (Phi) is 9.11. The Morgan fingerprint density at radius 1 is 0.837 bits per heavy atom. The third kappa shape index (κ3) is 6.39. The van der Waals surface area contributed by atoms with Crippen molar-refractivity contribution in [2.75, 3.05) is 55.6 Å². The van der Waals surface area contributed by atoms with E-state index in [1.165, 1.54) is 26.1 Å². The van der Waals surface area contributed by atoms with Gasteiger partial charge in [0.25, 0.3) is 0 Å². The Balaban J connectivity index is 0.944. The van der Waals surface area contributed by atoms with Crippen LogP contribution in [0.4, 0.5) is 24.7 Å². The molecule has 3 aromatic heterocycles. The number of halogens is 3. The van der Waals surface area contributed by atoms with Crippen molar-refractivity contribution in [3.05, 3.63) is 84.1 Å². The molecule has 5 aromatic rings. The van der Waals surface area contributed by atoms with Crippen molar-refractivity contribution >= 4 is 44.9 Å². The van der Waals surface area contributed by atoms with Crippen LogP contribution in [0.3, 0.4) is 0 Å². The van der Waals surface area contributed by atoms with Gasteiger partial charge in [-0.3, -0.25) is 24.0 Å². The zero-order valence-electron chi connectivity index (χ0n) is 27.7. The van der Waals surface area contributed by atoms with Gasteiger partial charge in [-0.1, -0.05) is 24.3 Å². The van der Waals surface area contributed by atoms with Gasteiger partial charge in [-0.05, 0) is 75.4 Å². The number of hydrogen-bond acceptors (Lipinski definition) is 7. The number of aromatic nitrogens is 3. The maximum atomic E-state index is 15.5. The lowest BCUT2D eigenvalue weighted by atomic mass is 9.93. The van der Waals surface area contributed by atoms with Gasteiger partial charge in [0, 0.05) is 85.4 Å². The monoisotopic (exact) mass is 668 g/mol. The molecule has 2 aliphatic rings. The second-order valence-corrected chi connectivity index (χ2v) is 13.2. The van der Waals surface area contributed by atoms with Crippen LogP contribution < -0.4 is 9.80 Å². The highest BCUT2D eigenvalue weighted by Crippen LogP contribution is 2.36. The summed E-state index contributed by atoms with van der Waals surface area (Å²) in [7, 11) is 0. The second kappa shape index (κ2) is 13.6. The minimum absolute atomic E-state index is 0.0897. The van der Waals surface area contributed by atoms with E-state index >= 15 is 4.39 Å². The van der Waals surface area contributed by atoms with Crippen molar-refractivity contribution in [2.45, 2.75) is 39.7 Å². The number of anilines is 2. The summed E-state index contributed by atoms with van der Waals surface area (Å²) in [5.41, 5.74) is 3.76. The molecule has 2 aromatic carbocycles. The van der Waals surface area contributed by atoms with Gasteiger partial charge in [0.2, 0.25) is 0 Å². The fourth-order valence-electron chi connectivity index (χ4n) is 7.58. The predicted octanol–water partition coefficient (Wildman–Crippen LogP) is 7.62. The summed E-state index contributed by atoms with van der Waals surface area (Å²) in [6.07, 6.45) is 7.67. The number of hydrogen-bond donors (Lipinski definition) is 0. The molecule has 0 spiro atoms. The van der Waals surface area contributed by atoms with Crippen LogP contribution in [0, 0.1) is 11.7 Å². The molecule has 7 rings (SSSR count). The van der Waals surface area contributed by atoms with E-state index in [0.29, 0.717) is 55.8 Å². The lowest BCUT2D eigenvalue weighted by Gasteiger charge is -2.38. The van der Waals surface area contributed by atoms with E-state index < -0.39 is 12.4 Å². The molecule has 0 bridgehead atoms. The summed E-state index contributed by atoms with van der Waals surface area (Å²) in [4.78, 5) is 39.8. The third-order valence-electron chi connectivity index (χ3n) is 10.2. The lowest BCUT2D eigenvalue weighted by Crippen LogP contribution is -2.47. The highest BCUT2D eigenvalue weighted by atomic mass is 19.3. The zero-order valence-corrected chi connectivity index (χ0v) is 27.7. The molecule has 0 saturated carbocycles. The van der Waals surface area contributed by atoms with Gasteiger partial charge in [0.1, 0.15) is 0 Å². The maximum Gasteiger partial charge on any atom is 0.319 e. The standard InChI is InChI=1S/C38H39F3N6O2/c1-24(48)29-4-3-5-34(36(29)25(2)49)45-18-16-44(17-19-45)13-9-26-10-14-46(15-11-26)37-32(39)20-28(22-43-37)27-6-7-30-31-23-42-12-8-33(31)47(38(40)41)35(30)21-27/h3-8,12,20-23,26,38H,9-11,13-19H2,1-2H3. The number of carbonyl (C=O) groups is 2. The average molecular weight is 669 g/mol. The molecule has 0 aliphatic carbocycles. The summed E-state index contributed by atoms with van der Waals surface area (Å²) < 4.78 is 44.6. The molecule has 0 unspecified atom stereocenters. The molecule has 5 heterocycles. The van der Waals surface area contributed by atoms with Crippen molar-refractivity contribution in [1.82, 2.24) is 19.4 Å². The molecule has 254 valence electrons. The van der Waals surface area contributed by atoms with Gasteiger partial charge in [-0.2, -0.15) is 8.78 Å². The fourth-order valence-corrected chi connectivity index (χ4v) is 7.58. The predicted molar refractivity (Wildman–Crippen MR) is 186 cm³/mol. The van der Waals surface area contributed by atoms with E-state index in [9.17, 15) is 18.4 Å². The Labute approximate surface area is 283 Å². The van der Waals surface area contributed by atoms with Crippen molar-refractivity contribution in [3.8, 4) is 11.1 Å². The van der Waals surface area contributed by atoms with Crippen LogP contribution in [0.15, 0.2) is 67.1 Å². The number of piperidine rings is 1. The number of ketones is 2. The number of piperazine rings is 1. The van der Waals surface area contributed by atoms with Gasteiger partial charge in [-0.25, -0.2) is 9.37 Å². The molecule has 0 radical (unpaired) electrons. The van der Waals surface area contributed by atoms with E-state index in [1.54, 1.807) is 42.7 Å². The summed E-state index contributed by atoms with van der Waals surface area (Å²) >= 11 is 0. The number of rotatable bonds is 9. The topological polar surface area (TPSA) is 74.6 Å². The van der Waals surface area contributed by atoms with Crippen LogP contribution in [0.25, 0.3) is 32.9 Å². The largest absolute Gasteiger partial charge is 0.368 e. The molecule has 2 fully saturated rings. The number of fused-ring (bicyclic) bond motifs is 3. The van der Waals surface area contributed by atoms with E-state index in [2.05, 4.69) is 19.8 Å². The summed E-state index contributed by atoms with van der Waals surface area (Å²) in [5, 5.41) is 1.31. The number of alkyl halides is 2. The van der Waals surface area contributed by atoms with Crippen molar-refractivity contribution < 1.29 is 22.8 Å². The molecule has 2 aliphatic heterocycles. The van der Waals surface area contributed by atoms with Crippen molar-refractivity contribution in [3.63, 3.8) is 0 Å². The minimum Gasteiger partial charge on any atom is -0.368 e. The average Bonchev–Trinajstić information content (AvgIpc) is 3.45. The number of benzene rings is 2. The third-order valence-corrected chi connectivity index (χ3v) is 10.2. The first-order valence-corrected chi connectivity index (χ1v) is 16.9. The fraction of sp³-hybridized carbons (Fsp3) is 0.368. The summed E-state index contributed by atoms with van der Waals surface area (Å²) in [6, 6.07) is 13.8. The van der Waals surface area contributed by atoms with Crippen molar-refractivity contribution in [1.29, 1.82) is 0 Å². The smallest absolute Gasteiger partial charge is 0.319 e. The molecular formula is C38H39F3N6O2. The number of carbonyl (C=O) groups excluding carboxylic acids is 2. The quantitative estimate of drug-likeness (QED) is 0.150. The first kappa shape index (κ1) is 32.8. The summed E-state index contributed by atoms with van der Waals surface area (Å²) in [6.45, 7) is 6.07. The highest BCUT2D eigenvalue weighted by molar-refractivity contribution is 6.11. The molecular weight excluding hydrogens is 629 g/mol. The molecule has 0 amide bonds. The molecule has 8 nitrogen and oxygen atoms in total. The molecule has 0 atom stereocenters. The van der Waals surface area contributed by atoms with Crippen molar-refractivity contribution in [2.24, 2.45) is 5.92 Å². The SMILES string of the molecule is CC(=O)c1cccc(N2CCN(CCC3CCN(c4ncc(-c5ccc6c7cnccc7n(C(F)F)c6c5)cc4F)CC3)CC2)c1C(C)=O. The zero-order chi connectivity index (χ0) is 34.2. The van der Waals surface area contributed by atoms with E-state index in [1.807, 2.05) is 17.0 Å². The Morgan fingerprint density at radius 3 is 2.31 bits per heavy atom. The van der Waals surface area contributed by atoms with E-state index in [4.69, 9.17) is 0 Å². The lowest BCUT2D eigenvalue weighted by molar-refractivity contribution is 0.0796.